The number of carbonyl (C=O) groups excluding carboxylic acids is 3. The second-order valence-electron chi connectivity index (χ2n) is 29.2. The summed E-state index contributed by atoms with van der Waals surface area (Å²) in [7, 11) is 0. The quantitative estimate of drug-likeness (QED) is 0.120. The van der Waals surface area contributed by atoms with Crippen molar-refractivity contribution in [1.29, 1.82) is 0 Å². The molecule has 9 nitrogen and oxygen atoms in total. The van der Waals surface area contributed by atoms with Crippen LogP contribution >= 0.6 is 0 Å². The first-order valence-electron chi connectivity index (χ1n) is 26.4. The van der Waals surface area contributed by atoms with Crippen molar-refractivity contribution >= 4 is 17.9 Å². The predicted molar refractivity (Wildman–Crippen MR) is 292 cm³/mol. The fraction of sp³-hybridized carbons (Fsp3) is 0.667. The summed E-state index contributed by atoms with van der Waals surface area (Å²) in [6.07, 6.45) is -1.31. The first-order chi connectivity index (χ1) is 32.2. The molecule has 4 rings (SSSR count). The van der Waals surface area contributed by atoms with Crippen LogP contribution in [0.1, 0.15) is 236 Å². The fourth-order valence-corrected chi connectivity index (χ4v) is 11.5. The zero-order valence-electron chi connectivity index (χ0n) is 49.2. The number of phenolic OH excluding ortho intramolecular Hbond substituents is 3. The van der Waals surface area contributed by atoms with Crippen LogP contribution in [0, 0.1) is 16.2 Å². The van der Waals surface area contributed by atoms with Gasteiger partial charge in [-0.1, -0.05) is 203 Å². The molecule has 0 amide bonds. The highest BCUT2D eigenvalue weighted by atomic mass is 16.6. The Morgan fingerprint density at radius 3 is 0.653 bits per heavy atom. The summed E-state index contributed by atoms with van der Waals surface area (Å²) < 4.78 is 19.9. The lowest BCUT2D eigenvalue weighted by Gasteiger charge is -2.61. The lowest BCUT2D eigenvalue weighted by molar-refractivity contribution is -0.267. The molecule has 72 heavy (non-hydrogen) atoms. The number of hydrogen-bond acceptors (Lipinski definition) is 9. The van der Waals surface area contributed by atoms with Gasteiger partial charge in [0.1, 0.15) is 35.6 Å². The number of hydrogen-bond donors (Lipinski definition) is 3. The summed E-state index contributed by atoms with van der Waals surface area (Å²) in [6.45, 7) is 48.9. The SMILES string of the molecule is CC(C)(C)c1cc(CCC(=O)OC2C(C)(C)C(OC(=O)CCc3cc(C(C)(C)C)c(O)c(C(C)(C)C)c3)C(C)(C)C(OC(=O)CCc3cc(C(C)(C)C)c(O)c(C(C)(C)C)c3)C2(C)C)cc(C(C)(C)C)c1O. The van der Waals surface area contributed by atoms with Gasteiger partial charge in [-0.05, 0) is 102 Å². The van der Waals surface area contributed by atoms with Crippen LogP contribution in [0.15, 0.2) is 36.4 Å². The third-order valence-electron chi connectivity index (χ3n) is 15.0. The van der Waals surface area contributed by atoms with E-state index in [1.165, 1.54) is 0 Å². The maximum atomic E-state index is 14.3. The van der Waals surface area contributed by atoms with Crippen molar-refractivity contribution < 1.29 is 43.9 Å². The minimum atomic E-state index is -0.964. The highest BCUT2D eigenvalue weighted by molar-refractivity contribution is 5.72. The van der Waals surface area contributed by atoms with Crippen LogP contribution in [0.4, 0.5) is 0 Å². The molecule has 1 aliphatic carbocycles. The largest absolute Gasteiger partial charge is 0.507 e. The van der Waals surface area contributed by atoms with E-state index in [9.17, 15) is 29.7 Å². The summed E-state index contributed by atoms with van der Waals surface area (Å²) >= 11 is 0. The number of rotatable bonds is 12. The average molecular weight is 997 g/mol. The normalized spacial score (nSPS) is 19.4. The molecular formula is C63H96O9. The molecule has 0 atom stereocenters. The molecule has 1 saturated carbocycles. The van der Waals surface area contributed by atoms with Crippen LogP contribution in [0.2, 0.25) is 0 Å². The van der Waals surface area contributed by atoms with Gasteiger partial charge in [-0.3, -0.25) is 14.4 Å². The molecule has 1 aliphatic rings. The molecule has 3 aromatic carbocycles. The van der Waals surface area contributed by atoms with Gasteiger partial charge >= 0.3 is 17.9 Å². The van der Waals surface area contributed by atoms with Gasteiger partial charge in [0.2, 0.25) is 0 Å². The van der Waals surface area contributed by atoms with E-state index in [1.54, 1.807) is 0 Å². The van der Waals surface area contributed by atoms with E-state index in [-0.39, 0.29) is 69.0 Å². The van der Waals surface area contributed by atoms with Crippen molar-refractivity contribution in [2.24, 2.45) is 16.2 Å². The molecule has 3 aromatic rings. The Kier molecular flexibility index (Phi) is 16.9. The van der Waals surface area contributed by atoms with E-state index in [0.717, 1.165) is 50.1 Å². The third kappa shape index (κ3) is 13.4. The number of benzene rings is 3. The average Bonchev–Trinajstić information content (AvgIpc) is 3.19. The van der Waals surface area contributed by atoms with Gasteiger partial charge in [0.15, 0.2) is 0 Å². The Hall–Kier alpha value is -4.53. The molecule has 0 aromatic heterocycles. The number of aromatic hydroxyl groups is 3. The molecule has 0 heterocycles. The predicted octanol–water partition coefficient (Wildman–Crippen LogP) is 14.6. The molecular weight excluding hydrogens is 901 g/mol. The van der Waals surface area contributed by atoms with Crippen molar-refractivity contribution in [2.45, 2.75) is 255 Å². The molecule has 402 valence electrons. The summed E-state index contributed by atoms with van der Waals surface area (Å²) in [5.41, 5.74) is 2.69. The van der Waals surface area contributed by atoms with Crippen LogP contribution in [0.25, 0.3) is 0 Å². The van der Waals surface area contributed by atoms with E-state index < -0.39 is 52.5 Å². The Bertz CT molecular complexity index is 2080. The van der Waals surface area contributed by atoms with Crippen molar-refractivity contribution in [1.82, 2.24) is 0 Å². The second-order valence-corrected chi connectivity index (χ2v) is 29.2. The smallest absolute Gasteiger partial charge is 0.306 e. The van der Waals surface area contributed by atoms with E-state index in [2.05, 4.69) is 125 Å². The topological polar surface area (TPSA) is 140 Å². The van der Waals surface area contributed by atoms with Crippen LogP contribution in [0.5, 0.6) is 17.2 Å². The highest BCUT2D eigenvalue weighted by Crippen LogP contribution is 2.58. The molecule has 3 N–H and O–H groups in total. The summed E-state index contributed by atoms with van der Waals surface area (Å²) in [5, 5.41) is 34.2. The molecule has 1 fully saturated rings. The summed E-state index contributed by atoms with van der Waals surface area (Å²) in [5.74, 6) is -0.493. The first-order valence-corrected chi connectivity index (χ1v) is 26.4. The standard InChI is InChI=1S/C63H96O9/c1-55(2,3)40-31-37(32-41(49(40)67)56(4,5)6)25-28-46(64)70-52-61(19,20)53(71-47(65)29-26-38-33-42(57(7,8)9)50(68)43(34-38)58(10,11)12)63(23,24)54(62(52,21)22)72-48(66)30-27-39-35-44(59(13,14)15)51(69)45(36-39)60(16,17)18/h31-36,52-54,67-69H,25-30H2,1-24H3. The monoisotopic (exact) mass is 997 g/mol. The Morgan fingerprint density at radius 1 is 0.361 bits per heavy atom. The molecule has 0 saturated heterocycles. The summed E-state index contributed by atoms with van der Waals surface area (Å²) in [4.78, 5) is 43.0. The van der Waals surface area contributed by atoms with Gasteiger partial charge in [0.05, 0.1) is 0 Å². The number of esters is 3. The highest BCUT2D eigenvalue weighted by Gasteiger charge is 2.67. The Labute approximate surface area is 435 Å². The van der Waals surface area contributed by atoms with Gasteiger partial charge in [0, 0.05) is 35.5 Å². The summed E-state index contributed by atoms with van der Waals surface area (Å²) in [6, 6.07) is 11.9. The van der Waals surface area contributed by atoms with Gasteiger partial charge in [0.25, 0.3) is 0 Å². The number of ether oxygens (including phenoxy) is 3. The number of aryl methyl sites for hydroxylation is 3. The van der Waals surface area contributed by atoms with Crippen molar-refractivity contribution in [3.63, 3.8) is 0 Å². The third-order valence-corrected chi connectivity index (χ3v) is 15.0. The molecule has 0 bridgehead atoms. The Balaban J connectivity index is 1.74. The van der Waals surface area contributed by atoms with Crippen LogP contribution in [0.3, 0.4) is 0 Å². The lowest BCUT2D eigenvalue weighted by atomic mass is 9.51. The van der Waals surface area contributed by atoms with Crippen LogP contribution in [-0.2, 0) is 80.3 Å². The Morgan fingerprint density at radius 2 is 0.514 bits per heavy atom. The van der Waals surface area contributed by atoms with Gasteiger partial charge in [-0.15, -0.1) is 0 Å². The maximum absolute atomic E-state index is 14.3. The van der Waals surface area contributed by atoms with Crippen LogP contribution in [-0.4, -0.2) is 51.5 Å². The second kappa shape index (κ2) is 20.3. The van der Waals surface area contributed by atoms with Gasteiger partial charge in [-0.2, -0.15) is 0 Å². The van der Waals surface area contributed by atoms with Crippen molar-refractivity contribution in [3.8, 4) is 17.2 Å². The number of carbonyl (C=O) groups is 3. The molecule has 0 unspecified atom stereocenters. The van der Waals surface area contributed by atoms with Gasteiger partial charge < -0.3 is 29.5 Å². The van der Waals surface area contributed by atoms with Crippen LogP contribution < -0.4 is 0 Å². The molecule has 9 heteroatoms. The zero-order valence-corrected chi connectivity index (χ0v) is 49.2. The fourth-order valence-electron chi connectivity index (χ4n) is 11.5. The van der Waals surface area contributed by atoms with Crippen molar-refractivity contribution in [2.75, 3.05) is 0 Å². The minimum Gasteiger partial charge on any atom is -0.507 e. The first kappa shape index (κ1) is 60.0. The lowest BCUT2D eigenvalue weighted by Crippen LogP contribution is -2.69. The number of phenols is 3. The molecule has 0 radical (unpaired) electrons. The van der Waals surface area contributed by atoms with Gasteiger partial charge in [-0.25, -0.2) is 0 Å². The molecule has 0 spiro atoms. The zero-order chi connectivity index (χ0) is 55.5. The van der Waals surface area contributed by atoms with Crippen molar-refractivity contribution in [3.05, 3.63) is 86.5 Å². The maximum Gasteiger partial charge on any atom is 0.306 e. The minimum absolute atomic E-state index is 0.0539. The van der Waals surface area contributed by atoms with E-state index in [0.29, 0.717) is 19.3 Å². The molecule has 0 aliphatic heterocycles. The van der Waals surface area contributed by atoms with E-state index in [1.807, 2.05) is 77.9 Å². The van der Waals surface area contributed by atoms with E-state index >= 15 is 0 Å². The van der Waals surface area contributed by atoms with E-state index in [4.69, 9.17) is 14.2 Å².